The molecule has 0 radical (unpaired) electrons. The standard InChI is InChI=1S/C11H20O/c1-10(2)6-8(12)7-5-9(10)11(7,3)4/h7-9,12H,5-6H2,1-4H3. The van der Waals surface area contributed by atoms with Gasteiger partial charge in [-0.15, -0.1) is 0 Å². The average molecular weight is 168 g/mol. The zero-order valence-electron chi connectivity index (χ0n) is 8.59. The van der Waals surface area contributed by atoms with Crippen molar-refractivity contribution in [3.05, 3.63) is 0 Å². The van der Waals surface area contributed by atoms with Crippen LogP contribution in [0.2, 0.25) is 0 Å². The van der Waals surface area contributed by atoms with Gasteiger partial charge in [0.2, 0.25) is 0 Å². The number of aliphatic hydroxyl groups is 1. The maximum atomic E-state index is 9.89. The van der Waals surface area contributed by atoms with Crippen molar-refractivity contribution in [2.24, 2.45) is 22.7 Å². The van der Waals surface area contributed by atoms with Crippen LogP contribution >= 0.6 is 0 Å². The first-order valence-corrected chi connectivity index (χ1v) is 5.04. The smallest absolute Gasteiger partial charge is 0.0578 e. The molecule has 3 aliphatic carbocycles. The molecule has 0 aromatic carbocycles. The molecule has 3 fully saturated rings. The maximum Gasteiger partial charge on any atom is 0.0578 e. The lowest BCUT2D eigenvalue weighted by Crippen LogP contribution is -2.61. The number of aliphatic hydroxyl groups excluding tert-OH is 1. The van der Waals surface area contributed by atoms with E-state index in [0.29, 0.717) is 16.7 Å². The van der Waals surface area contributed by atoms with Crippen LogP contribution in [0.5, 0.6) is 0 Å². The van der Waals surface area contributed by atoms with Crippen LogP contribution in [0.25, 0.3) is 0 Å². The summed E-state index contributed by atoms with van der Waals surface area (Å²) in [7, 11) is 0. The monoisotopic (exact) mass is 168 g/mol. The molecule has 0 aromatic rings. The van der Waals surface area contributed by atoms with E-state index in [0.717, 1.165) is 12.3 Å². The molecule has 0 amide bonds. The molecule has 3 aliphatic rings. The fourth-order valence-corrected chi connectivity index (χ4v) is 3.76. The molecule has 3 saturated carbocycles. The molecular formula is C11H20O. The zero-order chi connectivity index (χ0) is 9.15. The number of rotatable bonds is 0. The Morgan fingerprint density at radius 3 is 2.08 bits per heavy atom. The summed E-state index contributed by atoms with van der Waals surface area (Å²) >= 11 is 0. The topological polar surface area (TPSA) is 20.2 Å². The van der Waals surface area contributed by atoms with E-state index in [1.165, 1.54) is 6.42 Å². The molecule has 3 rings (SSSR count). The van der Waals surface area contributed by atoms with Gasteiger partial charge >= 0.3 is 0 Å². The fraction of sp³-hybridized carbons (Fsp3) is 1.00. The van der Waals surface area contributed by atoms with Crippen LogP contribution in [0.15, 0.2) is 0 Å². The van der Waals surface area contributed by atoms with Crippen LogP contribution in [-0.2, 0) is 0 Å². The molecule has 1 heteroatoms. The Hall–Kier alpha value is -0.0400. The van der Waals surface area contributed by atoms with E-state index in [2.05, 4.69) is 27.7 Å². The zero-order valence-corrected chi connectivity index (χ0v) is 8.59. The first-order chi connectivity index (χ1) is 5.36. The normalized spacial score (nSPS) is 48.2. The summed E-state index contributed by atoms with van der Waals surface area (Å²) < 4.78 is 0. The lowest BCUT2D eigenvalue weighted by molar-refractivity contribution is -0.201. The summed E-state index contributed by atoms with van der Waals surface area (Å²) in [6.45, 7) is 9.24. The third-order valence-corrected chi connectivity index (χ3v) is 4.49. The molecule has 0 spiro atoms. The highest BCUT2D eigenvalue weighted by Crippen LogP contribution is 2.65. The minimum atomic E-state index is -0.0417. The van der Waals surface area contributed by atoms with Crippen LogP contribution in [-0.4, -0.2) is 11.2 Å². The molecule has 12 heavy (non-hydrogen) atoms. The summed E-state index contributed by atoms with van der Waals surface area (Å²) in [6.07, 6.45) is 2.22. The Morgan fingerprint density at radius 1 is 1.17 bits per heavy atom. The summed E-state index contributed by atoms with van der Waals surface area (Å²) in [5, 5.41) is 9.89. The van der Waals surface area contributed by atoms with Crippen LogP contribution in [0, 0.1) is 22.7 Å². The molecule has 0 aliphatic heterocycles. The Morgan fingerprint density at radius 2 is 1.75 bits per heavy atom. The van der Waals surface area contributed by atoms with Crippen molar-refractivity contribution in [3.8, 4) is 0 Å². The van der Waals surface area contributed by atoms with Gasteiger partial charge in [-0.3, -0.25) is 0 Å². The minimum absolute atomic E-state index is 0.0417. The molecule has 3 unspecified atom stereocenters. The summed E-state index contributed by atoms with van der Waals surface area (Å²) in [5.41, 5.74) is 0.749. The Balaban J connectivity index is 2.28. The van der Waals surface area contributed by atoms with Crippen molar-refractivity contribution < 1.29 is 5.11 Å². The first kappa shape index (κ1) is 8.55. The highest BCUT2D eigenvalue weighted by Gasteiger charge is 2.60. The first-order valence-electron chi connectivity index (χ1n) is 5.04. The largest absolute Gasteiger partial charge is 0.393 e. The molecular weight excluding hydrogens is 148 g/mol. The van der Waals surface area contributed by atoms with Crippen LogP contribution in [0.1, 0.15) is 40.5 Å². The molecule has 0 saturated heterocycles. The van der Waals surface area contributed by atoms with Crippen molar-refractivity contribution in [3.63, 3.8) is 0 Å². The molecule has 1 nitrogen and oxygen atoms in total. The van der Waals surface area contributed by atoms with Crippen molar-refractivity contribution in [2.45, 2.75) is 46.6 Å². The summed E-state index contributed by atoms with van der Waals surface area (Å²) in [4.78, 5) is 0. The highest BCUT2D eigenvalue weighted by molar-refractivity contribution is 5.10. The number of hydrogen-bond donors (Lipinski definition) is 1. The van der Waals surface area contributed by atoms with Crippen LogP contribution < -0.4 is 0 Å². The predicted molar refractivity (Wildman–Crippen MR) is 49.8 cm³/mol. The van der Waals surface area contributed by atoms with Gasteiger partial charge in [0.25, 0.3) is 0 Å². The van der Waals surface area contributed by atoms with E-state index in [-0.39, 0.29) is 6.10 Å². The third-order valence-electron chi connectivity index (χ3n) is 4.49. The van der Waals surface area contributed by atoms with Crippen molar-refractivity contribution in [1.82, 2.24) is 0 Å². The Bertz CT molecular complexity index is 197. The summed E-state index contributed by atoms with van der Waals surface area (Å²) in [6, 6.07) is 0. The molecule has 0 heterocycles. The fourth-order valence-electron chi connectivity index (χ4n) is 3.76. The average Bonchev–Trinajstić information content (AvgIpc) is 1.81. The summed E-state index contributed by atoms with van der Waals surface area (Å²) in [5.74, 6) is 1.41. The maximum absolute atomic E-state index is 9.89. The van der Waals surface area contributed by atoms with Gasteiger partial charge in [-0.2, -0.15) is 0 Å². The highest BCUT2D eigenvalue weighted by atomic mass is 16.3. The minimum Gasteiger partial charge on any atom is -0.393 e. The number of hydrogen-bond acceptors (Lipinski definition) is 1. The number of fused-ring (bicyclic) bond motifs is 2. The second-order valence-electron chi connectivity index (χ2n) is 5.98. The van der Waals surface area contributed by atoms with E-state index in [9.17, 15) is 5.11 Å². The van der Waals surface area contributed by atoms with Crippen molar-refractivity contribution in [1.29, 1.82) is 0 Å². The van der Waals surface area contributed by atoms with E-state index < -0.39 is 0 Å². The molecule has 0 aromatic heterocycles. The van der Waals surface area contributed by atoms with Gasteiger partial charge in [0.1, 0.15) is 0 Å². The lowest BCUT2D eigenvalue weighted by atomic mass is 9.41. The molecule has 1 N–H and O–H groups in total. The Kier molecular flexibility index (Phi) is 1.47. The second kappa shape index (κ2) is 2.06. The molecule has 3 atom stereocenters. The van der Waals surface area contributed by atoms with Gasteiger partial charge in [-0.1, -0.05) is 27.7 Å². The van der Waals surface area contributed by atoms with Crippen LogP contribution in [0.4, 0.5) is 0 Å². The Labute approximate surface area is 75.2 Å². The van der Waals surface area contributed by atoms with Gasteiger partial charge in [0, 0.05) is 0 Å². The van der Waals surface area contributed by atoms with Gasteiger partial charge in [-0.25, -0.2) is 0 Å². The van der Waals surface area contributed by atoms with E-state index in [1.807, 2.05) is 0 Å². The molecule has 2 bridgehead atoms. The van der Waals surface area contributed by atoms with Gasteiger partial charge in [0.05, 0.1) is 6.10 Å². The van der Waals surface area contributed by atoms with Gasteiger partial charge in [0.15, 0.2) is 0 Å². The van der Waals surface area contributed by atoms with Crippen molar-refractivity contribution in [2.75, 3.05) is 0 Å². The van der Waals surface area contributed by atoms with Crippen molar-refractivity contribution >= 4 is 0 Å². The second-order valence-corrected chi connectivity index (χ2v) is 5.98. The SMILES string of the molecule is CC1(C)CC(O)C2CC1C2(C)C. The van der Waals surface area contributed by atoms with Gasteiger partial charge in [-0.05, 0) is 35.5 Å². The lowest BCUT2D eigenvalue weighted by Gasteiger charge is -2.65. The van der Waals surface area contributed by atoms with Gasteiger partial charge < -0.3 is 5.11 Å². The predicted octanol–water partition coefficient (Wildman–Crippen LogP) is 2.44. The van der Waals surface area contributed by atoms with E-state index in [1.54, 1.807) is 0 Å². The van der Waals surface area contributed by atoms with E-state index >= 15 is 0 Å². The molecule has 70 valence electrons. The quantitative estimate of drug-likeness (QED) is 0.589. The van der Waals surface area contributed by atoms with E-state index in [4.69, 9.17) is 0 Å². The van der Waals surface area contributed by atoms with Crippen LogP contribution in [0.3, 0.4) is 0 Å². The third kappa shape index (κ3) is 0.834.